The van der Waals surface area contributed by atoms with E-state index in [0.29, 0.717) is 0 Å². The molecule has 2 aromatic rings. The van der Waals surface area contributed by atoms with E-state index in [9.17, 15) is 0 Å². The van der Waals surface area contributed by atoms with Gasteiger partial charge in [-0.2, -0.15) is 0 Å². The molecule has 21 heavy (non-hydrogen) atoms. The largest absolute Gasteiger partial charge is 0.326 e. The van der Waals surface area contributed by atoms with Gasteiger partial charge in [-0.05, 0) is 42.8 Å². The van der Waals surface area contributed by atoms with E-state index in [0.717, 1.165) is 18.0 Å². The first-order valence-corrected chi connectivity index (χ1v) is 7.59. The van der Waals surface area contributed by atoms with Crippen molar-refractivity contribution in [1.82, 2.24) is 9.88 Å². The lowest BCUT2D eigenvalue weighted by Gasteiger charge is -2.33. The van der Waals surface area contributed by atoms with Gasteiger partial charge in [-0.1, -0.05) is 36.7 Å². The molecule has 0 aliphatic carbocycles. The van der Waals surface area contributed by atoms with Crippen LogP contribution in [-0.4, -0.2) is 23.0 Å². The molecule has 3 nitrogen and oxygen atoms in total. The molecule has 1 aromatic heterocycles. The molecule has 0 amide bonds. The Hall–Kier alpha value is -1.42. The van der Waals surface area contributed by atoms with Crippen LogP contribution in [0.15, 0.2) is 48.8 Å². The lowest BCUT2D eigenvalue weighted by Crippen LogP contribution is -2.38. The molecule has 0 saturated carbocycles. The summed E-state index contributed by atoms with van der Waals surface area (Å²) in [5.41, 5.74) is 8.73. The van der Waals surface area contributed by atoms with Crippen molar-refractivity contribution < 1.29 is 0 Å². The monoisotopic (exact) mass is 303 g/mol. The Kier molecular flexibility index (Phi) is 5.74. The zero-order valence-electron chi connectivity index (χ0n) is 12.5. The van der Waals surface area contributed by atoms with Gasteiger partial charge < -0.3 is 5.73 Å². The summed E-state index contributed by atoms with van der Waals surface area (Å²) in [7, 11) is 2.10. The molecule has 4 heteroatoms. The molecule has 1 aromatic carbocycles. The first-order valence-electron chi connectivity index (χ1n) is 7.22. The highest BCUT2D eigenvalue weighted by Gasteiger charge is 2.23. The van der Waals surface area contributed by atoms with Gasteiger partial charge in [-0.15, -0.1) is 0 Å². The van der Waals surface area contributed by atoms with E-state index in [1.807, 2.05) is 24.4 Å². The summed E-state index contributed by atoms with van der Waals surface area (Å²) >= 11 is 5.99. The normalized spacial score (nSPS) is 14.1. The van der Waals surface area contributed by atoms with E-state index in [-0.39, 0.29) is 12.1 Å². The van der Waals surface area contributed by atoms with Crippen molar-refractivity contribution in [3.63, 3.8) is 0 Å². The van der Waals surface area contributed by atoms with Crippen molar-refractivity contribution in [3.05, 3.63) is 64.9 Å². The van der Waals surface area contributed by atoms with Crippen molar-refractivity contribution in [2.45, 2.75) is 32.0 Å². The minimum Gasteiger partial charge on any atom is -0.326 e. The SMILES string of the molecule is CCC(N)C(c1ccc(Cl)cc1)N(C)Cc1cccnc1. The maximum absolute atomic E-state index is 6.35. The van der Waals surface area contributed by atoms with Crippen molar-refractivity contribution in [1.29, 1.82) is 0 Å². The first kappa shape index (κ1) is 16.0. The van der Waals surface area contributed by atoms with Crippen LogP contribution in [-0.2, 0) is 6.54 Å². The maximum atomic E-state index is 6.35. The van der Waals surface area contributed by atoms with Gasteiger partial charge in [0.25, 0.3) is 0 Å². The second-order valence-electron chi connectivity index (χ2n) is 5.34. The molecule has 0 aliphatic rings. The third-order valence-corrected chi connectivity index (χ3v) is 3.97. The maximum Gasteiger partial charge on any atom is 0.0499 e. The van der Waals surface area contributed by atoms with E-state index in [4.69, 9.17) is 17.3 Å². The van der Waals surface area contributed by atoms with E-state index < -0.39 is 0 Å². The van der Waals surface area contributed by atoms with E-state index >= 15 is 0 Å². The van der Waals surface area contributed by atoms with Crippen LogP contribution in [0.5, 0.6) is 0 Å². The number of likely N-dealkylation sites (N-methyl/N-ethyl adjacent to an activating group) is 1. The van der Waals surface area contributed by atoms with Crippen molar-refractivity contribution in [2.24, 2.45) is 5.73 Å². The smallest absolute Gasteiger partial charge is 0.0499 e. The molecule has 2 rings (SSSR count). The fraction of sp³-hybridized carbons (Fsp3) is 0.353. The summed E-state index contributed by atoms with van der Waals surface area (Å²) in [6.07, 6.45) is 4.61. The highest BCUT2D eigenvalue weighted by molar-refractivity contribution is 6.30. The van der Waals surface area contributed by atoms with Crippen LogP contribution in [0, 0.1) is 0 Å². The second-order valence-corrected chi connectivity index (χ2v) is 5.78. The van der Waals surface area contributed by atoms with Crippen LogP contribution >= 0.6 is 11.6 Å². The van der Waals surface area contributed by atoms with E-state index in [2.05, 4.69) is 42.1 Å². The van der Waals surface area contributed by atoms with Gasteiger partial charge >= 0.3 is 0 Å². The number of hydrogen-bond donors (Lipinski definition) is 1. The molecule has 0 bridgehead atoms. The molecular formula is C17H22ClN3. The summed E-state index contributed by atoms with van der Waals surface area (Å²) < 4.78 is 0. The molecule has 0 fully saturated rings. The molecule has 2 N–H and O–H groups in total. The number of pyridine rings is 1. The zero-order valence-corrected chi connectivity index (χ0v) is 13.3. The summed E-state index contributed by atoms with van der Waals surface area (Å²) in [6.45, 7) is 2.93. The molecule has 0 aliphatic heterocycles. The minimum atomic E-state index is 0.0767. The van der Waals surface area contributed by atoms with E-state index in [1.165, 1.54) is 11.1 Å². The van der Waals surface area contributed by atoms with Crippen LogP contribution in [0.3, 0.4) is 0 Å². The van der Waals surface area contributed by atoms with Gasteiger partial charge in [-0.25, -0.2) is 0 Å². The van der Waals surface area contributed by atoms with Crippen LogP contribution < -0.4 is 5.73 Å². The number of hydrogen-bond acceptors (Lipinski definition) is 3. The van der Waals surface area contributed by atoms with Crippen molar-refractivity contribution in [2.75, 3.05) is 7.05 Å². The lowest BCUT2D eigenvalue weighted by atomic mass is 9.96. The Balaban J connectivity index is 2.21. The minimum absolute atomic E-state index is 0.0767. The summed E-state index contributed by atoms with van der Waals surface area (Å²) in [6, 6.07) is 12.2. The predicted molar refractivity (Wildman–Crippen MR) is 88.2 cm³/mol. The standard InChI is InChI=1S/C17H22ClN3/c1-3-16(19)17(14-6-8-15(18)9-7-14)21(2)12-13-5-4-10-20-11-13/h4-11,16-17H,3,12,19H2,1-2H3. The van der Waals surface area contributed by atoms with Gasteiger partial charge in [0.05, 0.1) is 0 Å². The van der Waals surface area contributed by atoms with Crippen LogP contribution in [0.4, 0.5) is 0 Å². The van der Waals surface area contributed by atoms with Gasteiger partial charge in [-0.3, -0.25) is 9.88 Å². The Labute approximate surface area is 131 Å². The lowest BCUT2D eigenvalue weighted by molar-refractivity contribution is 0.201. The second kappa shape index (κ2) is 7.55. The van der Waals surface area contributed by atoms with Crippen LogP contribution in [0.2, 0.25) is 5.02 Å². The average molecular weight is 304 g/mol. The average Bonchev–Trinajstić information content (AvgIpc) is 2.50. The quantitative estimate of drug-likeness (QED) is 0.886. The number of nitrogens with two attached hydrogens (primary N) is 1. The highest BCUT2D eigenvalue weighted by atomic mass is 35.5. The molecule has 0 spiro atoms. The molecule has 112 valence electrons. The third-order valence-electron chi connectivity index (χ3n) is 3.72. The summed E-state index contributed by atoms with van der Waals surface area (Å²) in [5, 5.41) is 0.748. The zero-order chi connectivity index (χ0) is 15.2. The highest BCUT2D eigenvalue weighted by Crippen LogP contribution is 2.26. The Morgan fingerprint density at radius 1 is 1.24 bits per heavy atom. The number of halogens is 1. The van der Waals surface area contributed by atoms with Gasteiger partial charge in [0.2, 0.25) is 0 Å². The van der Waals surface area contributed by atoms with Crippen LogP contribution in [0.25, 0.3) is 0 Å². The molecule has 2 unspecified atom stereocenters. The molecule has 2 atom stereocenters. The molecule has 0 radical (unpaired) electrons. The van der Waals surface area contributed by atoms with Gasteiger partial charge in [0.1, 0.15) is 0 Å². The van der Waals surface area contributed by atoms with Gasteiger partial charge in [0.15, 0.2) is 0 Å². The topological polar surface area (TPSA) is 42.1 Å². The Morgan fingerprint density at radius 2 is 1.95 bits per heavy atom. The van der Waals surface area contributed by atoms with E-state index in [1.54, 1.807) is 6.20 Å². The number of aromatic nitrogens is 1. The third kappa shape index (κ3) is 4.27. The predicted octanol–water partition coefficient (Wildman–Crippen LogP) is 3.65. The van der Waals surface area contributed by atoms with Crippen molar-refractivity contribution >= 4 is 11.6 Å². The summed E-state index contributed by atoms with van der Waals surface area (Å²) in [4.78, 5) is 6.44. The number of rotatable bonds is 6. The molecule has 1 heterocycles. The van der Waals surface area contributed by atoms with Gasteiger partial charge in [0, 0.05) is 36.0 Å². The number of nitrogens with zero attached hydrogens (tertiary/aromatic N) is 2. The fourth-order valence-corrected chi connectivity index (χ4v) is 2.72. The molecule has 0 saturated heterocycles. The summed E-state index contributed by atoms with van der Waals surface area (Å²) in [5.74, 6) is 0. The Bertz CT molecular complexity index is 542. The molecular weight excluding hydrogens is 282 g/mol. The Morgan fingerprint density at radius 3 is 2.52 bits per heavy atom. The first-order chi connectivity index (χ1) is 10.1. The fourth-order valence-electron chi connectivity index (χ4n) is 2.59. The van der Waals surface area contributed by atoms with Crippen molar-refractivity contribution in [3.8, 4) is 0 Å². The van der Waals surface area contributed by atoms with Crippen LogP contribution in [0.1, 0.15) is 30.5 Å². The number of benzene rings is 1.